The van der Waals surface area contributed by atoms with Crippen molar-refractivity contribution in [2.45, 2.75) is 30.6 Å². The highest BCUT2D eigenvalue weighted by Gasteiger charge is 2.21. The molecule has 3 nitrogen and oxygen atoms in total. The number of aryl methyl sites for hydroxylation is 1. The second-order valence-electron chi connectivity index (χ2n) is 5.29. The molecule has 1 aromatic heterocycles. The lowest BCUT2D eigenvalue weighted by Crippen LogP contribution is -2.14. The zero-order valence-electron chi connectivity index (χ0n) is 12.4. The molecule has 1 aliphatic carbocycles. The second kappa shape index (κ2) is 7.16. The van der Waals surface area contributed by atoms with E-state index in [4.69, 9.17) is 0 Å². The van der Waals surface area contributed by atoms with Crippen LogP contribution < -0.4 is 5.32 Å². The van der Waals surface area contributed by atoms with Crippen LogP contribution in [0.2, 0.25) is 0 Å². The van der Waals surface area contributed by atoms with E-state index in [1.54, 1.807) is 18.2 Å². The standard InChI is InChI=1S/C17H15FN2OS2/c18-13-6-2-4-8-15(13)22-10-16(21)20-17-12(9-19)11-5-1-3-7-14(11)23-17/h2,4,6,8H,1,3,5,7,10H2,(H,20,21). The first kappa shape index (κ1) is 16.0. The molecule has 0 atom stereocenters. The van der Waals surface area contributed by atoms with Crippen molar-refractivity contribution in [1.29, 1.82) is 5.26 Å². The third-order valence-electron chi connectivity index (χ3n) is 3.73. The summed E-state index contributed by atoms with van der Waals surface area (Å²) in [6.45, 7) is 0. The minimum absolute atomic E-state index is 0.119. The molecule has 1 N–H and O–H groups in total. The molecule has 1 aromatic carbocycles. The number of rotatable bonds is 4. The van der Waals surface area contributed by atoms with Gasteiger partial charge in [0.25, 0.3) is 0 Å². The van der Waals surface area contributed by atoms with E-state index in [1.807, 2.05) is 0 Å². The minimum atomic E-state index is -0.324. The Labute approximate surface area is 142 Å². The van der Waals surface area contributed by atoms with Crippen molar-refractivity contribution >= 4 is 34.0 Å². The Morgan fingerprint density at radius 3 is 2.91 bits per heavy atom. The van der Waals surface area contributed by atoms with Gasteiger partial charge >= 0.3 is 0 Å². The van der Waals surface area contributed by atoms with Crippen LogP contribution in [0.5, 0.6) is 0 Å². The molecule has 6 heteroatoms. The highest BCUT2D eigenvalue weighted by molar-refractivity contribution is 8.00. The van der Waals surface area contributed by atoms with E-state index < -0.39 is 0 Å². The van der Waals surface area contributed by atoms with Gasteiger partial charge in [0.15, 0.2) is 0 Å². The molecule has 0 aliphatic heterocycles. The maximum Gasteiger partial charge on any atom is 0.235 e. The van der Waals surface area contributed by atoms with Crippen molar-refractivity contribution in [3.8, 4) is 6.07 Å². The number of amides is 1. The fourth-order valence-corrected chi connectivity index (χ4v) is 4.64. The summed E-state index contributed by atoms with van der Waals surface area (Å²) in [4.78, 5) is 13.8. The van der Waals surface area contributed by atoms with Gasteiger partial charge in [0.2, 0.25) is 5.91 Å². The van der Waals surface area contributed by atoms with Crippen molar-refractivity contribution in [1.82, 2.24) is 0 Å². The number of halogens is 1. The third kappa shape index (κ3) is 3.57. The van der Waals surface area contributed by atoms with Gasteiger partial charge in [0, 0.05) is 9.77 Å². The molecular weight excluding hydrogens is 331 g/mol. The van der Waals surface area contributed by atoms with E-state index in [0.29, 0.717) is 15.5 Å². The Hall–Kier alpha value is -1.84. The SMILES string of the molecule is N#Cc1c(NC(=O)CSc2ccccc2F)sc2c1CCCC2. The smallest absolute Gasteiger partial charge is 0.235 e. The lowest BCUT2D eigenvalue weighted by Gasteiger charge is -2.09. The molecule has 0 saturated heterocycles. The number of nitrogens with one attached hydrogen (secondary N) is 1. The average molecular weight is 346 g/mol. The van der Waals surface area contributed by atoms with Crippen LogP contribution in [0.3, 0.4) is 0 Å². The number of carbonyl (C=O) groups is 1. The van der Waals surface area contributed by atoms with Gasteiger partial charge in [-0.3, -0.25) is 4.79 Å². The number of nitrogens with zero attached hydrogens (tertiary/aromatic N) is 1. The molecule has 1 aliphatic rings. The maximum atomic E-state index is 13.5. The van der Waals surface area contributed by atoms with Gasteiger partial charge < -0.3 is 5.32 Å². The quantitative estimate of drug-likeness (QED) is 0.837. The normalized spacial score (nSPS) is 13.2. The molecule has 0 bridgehead atoms. The molecule has 0 unspecified atom stereocenters. The molecular formula is C17H15FN2OS2. The van der Waals surface area contributed by atoms with Gasteiger partial charge in [0.1, 0.15) is 16.9 Å². The van der Waals surface area contributed by atoms with Gasteiger partial charge in [-0.25, -0.2) is 4.39 Å². The zero-order chi connectivity index (χ0) is 16.2. The number of fused-ring (bicyclic) bond motifs is 1. The Kier molecular flexibility index (Phi) is 4.99. The number of hydrogen-bond acceptors (Lipinski definition) is 4. The van der Waals surface area contributed by atoms with Crippen LogP contribution in [0.4, 0.5) is 9.39 Å². The monoisotopic (exact) mass is 346 g/mol. The highest BCUT2D eigenvalue weighted by atomic mass is 32.2. The number of benzene rings is 1. The first-order valence-electron chi connectivity index (χ1n) is 7.41. The van der Waals surface area contributed by atoms with Crippen LogP contribution in [-0.4, -0.2) is 11.7 Å². The number of hydrogen-bond donors (Lipinski definition) is 1. The number of nitriles is 1. The number of anilines is 1. The lowest BCUT2D eigenvalue weighted by molar-refractivity contribution is -0.113. The maximum absolute atomic E-state index is 13.5. The molecule has 0 radical (unpaired) electrons. The van der Waals surface area contributed by atoms with E-state index in [-0.39, 0.29) is 17.5 Å². The summed E-state index contributed by atoms with van der Waals surface area (Å²) in [6, 6.07) is 8.61. The average Bonchev–Trinajstić information content (AvgIpc) is 2.91. The zero-order valence-corrected chi connectivity index (χ0v) is 14.0. The molecule has 1 amide bonds. The van der Waals surface area contributed by atoms with E-state index in [9.17, 15) is 14.4 Å². The summed E-state index contributed by atoms with van der Waals surface area (Å²) in [5.74, 6) is -0.420. The van der Waals surface area contributed by atoms with Crippen molar-refractivity contribution in [3.63, 3.8) is 0 Å². The fourth-order valence-electron chi connectivity index (χ4n) is 2.64. The van der Waals surface area contributed by atoms with Crippen LogP contribution >= 0.6 is 23.1 Å². The summed E-state index contributed by atoms with van der Waals surface area (Å²) in [5.41, 5.74) is 1.70. The molecule has 3 rings (SSSR count). The second-order valence-corrected chi connectivity index (χ2v) is 7.42. The number of thioether (sulfide) groups is 1. The first-order valence-corrected chi connectivity index (χ1v) is 9.21. The highest BCUT2D eigenvalue weighted by Crippen LogP contribution is 2.37. The Bertz CT molecular complexity index is 779. The molecule has 2 aromatic rings. The van der Waals surface area contributed by atoms with Crippen molar-refractivity contribution < 1.29 is 9.18 Å². The van der Waals surface area contributed by atoms with Gasteiger partial charge in [-0.05, 0) is 43.4 Å². The van der Waals surface area contributed by atoms with Crippen LogP contribution in [0.25, 0.3) is 0 Å². The van der Waals surface area contributed by atoms with Gasteiger partial charge in [-0.2, -0.15) is 5.26 Å². The number of carbonyl (C=O) groups excluding carboxylic acids is 1. The minimum Gasteiger partial charge on any atom is -0.316 e. The topological polar surface area (TPSA) is 52.9 Å². The van der Waals surface area contributed by atoms with Gasteiger partial charge in [-0.1, -0.05) is 12.1 Å². The Morgan fingerprint density at radius 2 is 2.13 bits per heavy atom. The molecule has 0 spiro atoms. The van der Waals surface area contributed by atoms with E-state index in [1.165, 1.54) is 22.3 Å². The molecule has 0 saturated carbocycles. The summed E-state index contributed by atoms with van der Waals surface area (Å²) < 4.78 is 13.5. The number of thiophene rings is 1. The van der Waals surface area contributed by atoms with Gasteiger partial charge in [0.05, 0.1) is 11.3 Å². The van der Waals surface area contributed by atoms with Gasteiger partial charge in [-0.15, -0.1) is 23.1 Å². The predicted octanol–water partition coefficient (Wildman–Crippen LogP) is 4.37. The van der Waals surface area contributed by atoms with Crippen molar-refractivity contribution in [2.24, 2.45) is 0 Å². The van der Waals surface area contributed by atoms with Crippen LogP contribution in [-0.2, 0) is 17.6 Å². The summed E-state index contributed by atoms with van der Waals surface area (Å²) in [6.07, 6.45) is 4.12. The fraction of sp³-hybridized carbons (Fsp3) is 0.294. The predicted molar refractivity (Wildman–Crippen MR) is 91.4 cm³/mol. The Morgan fingerprint density at radius 1 is 1.35 bits per heavy atom. The van der Waals surface area contributed by atoms with E-state index in [0.717, 1.165) is 43.0 Å². The van der Waals surface area contributed by atoms with Crippen LogP contribution in [0, 0.1) is 17.1 Å². The molecule has 1 heterocycles. The summed E-state index contributed by atoms with van der Waals surface area (Å²) in [7, 11) is 0. The molecule has 118 valence electrons. The van der Waals surface area contributed by atoms with E-state index >= 15 is 0 Å². The third-order valence-corrected chi connectivity index (χ3v) is 5.99. The van der Waals surface area contributed by atoms with E-state index in [2.05, 4.69) is 11.4 Å². The van der Waals surface area contributed by atoms with Crippen LogP contribution in [0.1, 0.15) is 28.8 Å². The van der Waals surface area contributed by atoms with Crippen molar-refractivity contribution in [2.75, 3.05) is 11.1 Å². The lowest BCUT2D eigenvalue weighted by atomic mass is 9.96. The summed E-state index contributed by atoms with van der Waals surface area (Å²) in [5, 5.41) is 12.8. The first-order chi connectivity index (χ1) is 11.2. The summed E-state index contributed by atoms with van der Waals surface area (Å²) >= 11 is 2.66. The Balaban J connectivity index is 1.68. The molecule has 23 heavy (non-hydrogen) atoms. The van der Waals surface area contributed by atoms with Crippen molar-refractivity contribution in [3.05, 3.63) is 46.1 Å². The molecule has 0 fully saturated rings. The largest absolute Gasteiger partial charge is 0.316 e. The van der Waals surface area contributed by atoms with Crippen LogP contribution in [0.15, 0.2) is 29.2 Å².